The number of benzene rings is 2. The minimum Gasteiger partial charge on any atom is -0.496 e. The number of nitrogens with one attached hydrogen (secondary N) is 1. The summed E-state index contributed by atoms with van der Waals surface area (Å²) in [5, 5.41) is 14.4. The maximum absolute atomic E-state index is 11.0. The van der Waals surface area contributed by atoms with Crippen LogP contribution in [0.15, 0.2) is 36.4 Å². The Morgan fingerprint density at radius 2 is 2.05 bits per heavy atom. The molecule has 110 valence electrons. The zero-order valence-corrected chi connectivity index (χ0v) is 12.5. The normalized spacial score (nSPS) is 10.2. The van der Waals surface area contributed by atoms with E-state index in [1.165, 1.54) is 6.07 Å². The van der Waals surface area contributed by atoms with Crippen LogP contribution in [-0.2, 0) is 6.54 Å². The molecule has 6 heteroatoms. The van der Waals surface area contributed by atoms with E-state index in [2.05, 4.69) is 5.32 Å². The standard InChI is InChI=1S/C15H15ClN2O3/c1-10-7-11(3-6-15(10)21-2)9-17-13-5-4-12(16)8-14(13)18(19)20/h3-8,17H,9H2,1-2H3. The Balaban J connectivity index is 2.16. The number of hydrogen-bond donors (Lipinski definition) is 1. The van der Waals surface area contributed by atoms with E-state index in [1.807, 2.05) is 25.1 Å². The third-order valence-electron chi connectivity index (χ3n) is 3.10. The van der Waals surface area contributed by atoms with Gasteiger partial charge in [-0.2, -0.15) is 0 Å². The zero-order chi connectivity index (χ0) is 15.4. The fourth-order valence-electron chi connectivity index (χ4n) is 2.05. The molecule has 2 aromatic rings. The molecule has 0 fully saturated rings. The topological polar surface area (TPSA) is 64.4 Å². The molecule has 0 radical (unpaired) electrons. The number of nitrogens with zero attached hydrogens (tertiary/aromatic N) is 1. The lowest BCUT2D eigenvalue weighted by Crippen LogP contribution is -2.03. The van der Waals surface area contributed by atoms with Crippen LogP contribution >= 0.6 is 11.6 Å². The molecule has 2 rings (SSSR count). The van der Waals surface area contributed by atoms with Crippen molar-refractivity contribution in [2.75, 3.05) is 12.4 Å². The molecule has 0 aliphatic rings. The maximum Gasteiger partial charge on any atom is 0.293 e. The van der Waals surface area contributed by atoms with Gasteiger partial charge in [0.25, 0.3) is 5.69 Å². The number of rotatable bonds is 5. The number of halogens is 1. The van der Waals surface area contributed by atoms with Crippen molar-refractivity contribution >= 4 is 23.0 Å². The van der Waals surface area contributed by atoms with E-state index in [0.717, 1.165) is 16.9 Å². The Morgan fingerprint density at radius 3 is 2.67 bits per heavy atom. The summed E-state index contributed by atoms with van der Waals surface area (Å²) in [5.41, 5.74) is 2.44. The van der Waals surface area contributed by atoms with Crippen molar-refractivity contribution in [3.8, 4) is 5.75 Å². The molecule has 0 aliphatic carbocycles. The summed E-state index contributed by atoms with van der Waals surface area (Å²) in [5.74, 6) is 0.816. The fourth-order valence-corrected chi connectivity index (χ4v) is 2.22. The van der Waals surface area contributed by atoms with Crippen molar-refractivity contribution in [1.82, 2.24) is 0 Å². The number of methoxy groups -OCH3 is 1. The number of nitro benzene ring substituents is 1. The van der Waals surface area contributed by atoms with Gasteiger partial charge < -0.3 is 10.1 Å². The van der Waals surface area contributed by atoms with Gasteiger partial charge in [0.1, 0.15) is 11.4 Å². The highest BCUT2D eigenvalue weighted by Crippen LogP contribution is 2.28. The molecule has 0 atom stereocenters. The Morgan fingerprint density at radius 1 is 1.29 bits per heavy atom. The molecule has 2 aromatic carbocycles. The van der Waals surface area contributed by atoms with Crippen molar-refractivity contribution in [2.45, 2.75) is 13.5 Å². The lowest BCUT2D eigenvalue weighted by Gasteiger charge is -2.10. The zero-order valence-electron chi connectivity index (χ0n) is 11.7. The maximum atomic E-state index is 11.0. The van der Waals surface area contributed by atoms with E-state index >= 15 is 0 Å². The van der Waals surface area contributed by atoms with E-state index in [4.69, 9.17) is 16.3 Å². The van der Waals surface area contributed by atoms with Gasteiger partial charge in [-0.25, -0.2) is 0 Å². The van der Waals surface area contributed by atoms with Crippen LogP contribution < -0.4 is 10.1 Å². The molecule has 0 unspecified atom stereocenters. The van der Waals surface area contributed by atoms with E-state index < -0.39 is 4.92 Å². The Hall–Kier alpha value is -2.27. The smallest absolute Gasteiger partial charge is 0.293 e. The van der Waals surface area contributed by atoms with Crippen LogP contribution in [0.5, 0.6) is 5.75 Å². The van der Waals surface area contributed by atoms with Gasteiger partial charge in [-0.3, -0.25) is 10.1 Å². The number of ether oxygens (including phenoxy) is 1. The first-order valence-electron chi connectivity index (χ1n) is 6.32. The quantitative estimate of drug-likeness (QED) is 0.665. The van der Waals surface area contributed by atoms with Crippen LogP contribution in [0.1, 0.15) is 11.1 Å². The minimum absolute atomic E-state index is 0.0345. The van der Waals surface area contributed by atoms with Crippen LogP contribution in [-0.4, -0.2) is 12.0 Å². The van der Waals surface area contributed by atoms with Gasteiger partial charge in [0.05, 0.1) is 12.0 Å². The largest absolute Gasteiger partial charge is 0.496 e. The van der Waals surface area contributed by atoms with Crippen LogP contribution in [0.2, 0.25) is 5.02 Å². The summed E-state index contributed by atoms with van der Waals surface area (Å²) < 4.78 is 5.20. The summed E-state index contributed by atoms with van der Waals surface area (Å²) in [4.78, 5) is 10.6. The van der Waals surface area contributed by atoms with Gasteiger partial charge >= 0.3 is 0 Å². The molecule has 0 saturated heterocycles. The van der Waals surface area contributed by atoms with Crippen LogP contribution in [0.25, 0.3) is 0 Å². The number of aryl methyl sites for hydroxylation is 1. The highest BCUT2D eigenvalue weighted by Gasteiger charge is 2.14. The molecular formula is C15H15ClN2O3. The predicted molar refractivity (Wildman–Crippen MR) is 83.2 cm³/mol. The summed E-state index contributed by atoms with van der Waals surface area (Å²) in [7, 11) is 1.62. The van der Waals surface area contributed by atoms with Crippen molar-refractivity contribution in [1.29, 1.82) is 0 Å². The highest BCUT2D eigenvalue weighted by atomic mass is 35.5. The average molecular weight is 307 g/mol. The van der Waals surface area contributed by atoms with Crippen LogP contribution in [0, 0.1) is 17.0 Å². The lowest BCUT2D eigenvalue weighted by molar-refractivity contribution is -0.383. The van der Waals surface area contributed by atoms with Crippen LogP contribution in [0.3, 0.4) is 0 Å². The predicted octanol–water partition coefficient (Wildman–Crippen LogP) is 4.18. The second kappa shape index (κ2) is 6.45. The van der Waals surface area contributed by atoms with E-state index in [0.29, 0.717) is 17.3 Å². The van der Waals surface area contributed by atoms with Gasteiger partial charge in [-0.1, -0.05) is 23.7 Å². The molecule has 5 nitrogen and oxygen atoms in total. The molecule has 1 N–H and O–H groups in total. The summed E-state index contributed by atoms with van der Waals surface area (Å²) in [6, 6.07) is 10.3. The summed E-state index contributed by atoms with van der Waals surface area (Å²) in [6.45, 7) is 2.43. The van der Waals surface area contributed by atoms with Gasteiger partial charge in [-0.15, -0.1) is 0 Å². The van der Waals surface area contributed by atoms with Crippen molar-refractivity contribution in [3.05, 3.63) is 62.7 Å². The van der Waals surface area contributed by atoms with Gasteiger partial charge in [0, 0.05) is 17.6 Å². The molecule has 0 aromatic heterocycles. The van der Waals surface area contributed by atoms with Crippen molar-refractivity contribution < 1.29 is 9.66 Å². The summed E-state index contributed by atoms with van der Waals surface area (Å²) >= 11 is 5.79. The number of nitro groups is 1. The molecule has 0 aliphatic heterocycles. The second-order valence-corrected chi connectivity index (χ2v) is 5.01. The third-order valence-corrected chi connectivity index (χ3v) is 3.33. The summed E-state index contributed by atoms with van der Waals surface area (Å²) in [6.07, 6.45) is 0. The minimum atomic E-state index is -0.451. The van der Waals surface area contributed by atoms with E-state index in [9.17, 15) is 10.1 Å². The molecule has 0 heterocycles. The molecule has 0 bridgehead atoms. The molecule has 0 amide bonds. The van der Waals surface area contributed by atoms with Crippen molar-refractivity contribution in [3.63, 3.8) is 0 Å². The highest BCUT2D eigenvalue weighted by molar-refractivity contribution is 6.30. The number of hydrogen-bond acceptors (Lipinski definition) is 4. The Labute approximate surface area is 127 Å². The van der Waals surface area contributed by atoms with Crippen molar-refractivity contribution in [2.24, 2.45) is 0 Å². The lowest BCUT2D eigenvalue weighted by atomic mass is 10.1. The van der Waals surface area contributed by atoms with Crippen LogP contribution in [0.4, 0.5) is 11.4 Å². The monoisotopic (exact) mass is 306 g/mol. The molecular weight excluding hydrogens is 292 g/mol. The molecule has 21 heavy (non-hydrogen) atoms. The Bertz CT molecular complexity index is 674. The average Bonchev–Trinajstić information content (AvgIpc) is 2.46. The SMILES string of the molecule is COc1ccc(CNc2ccc(Cl)cc2[N+](=O)[O-])cc1C. The first-order chi connectivity index (χ1) is 10.0. The Kier molecular flexibility index (Phi) is 4.65. The molecule has 0 spiro atoms. The van der Waals surface area contributed by atoms with Gasteiger partial charge in [0.15, 0.2) is 0 Å². The van der Waals surface area contributed by atoms with Gasteiger partial charge in [0.2, 0.25) is 0 Å². The van der Waals surface area contributed by atoms with Gasteiger partial charge in [-0.05, 0) is 36.2 Å². The second-order valence-electron chi connectivity index (χ2n) is 4.58. The third kappa shape index (κ3) is 3.64. The van der Waals surface area contributed by atoms with E-state index in [-0.39, 0.29) is 5.69 Å². The molecule has 0 saturated carbocycles. The van der Waals surface area contributed by atoms with E-state index in [1.54, 1.807) is 19.2 Å². The fraction of sp³-hybridized carbons (Fsp3) is 0.200. The first-order valence-corrected chi connectivity index (χ1v) is 6.70. The number of anilines is 1. The first kappa shape index (κ1) is 15.1.